The zero-order valence-electron chi connectivity index (χ0n) is 8.20. The van der Waals surface area contributed by atoms with E-state index in [2.05, 4.69) is 61.7 Å². The summed E-state index contributed by atoms with van der Waals surface area (Å²) in [4.78, 5) is 0. The van der Waals surface area contributed by atoms with Crippen LogP contribution in [0.1, 0.15) is 0 Å². The number of allylic oxidation sites excluding steroid dienone is 4. The van der Waals surface area contributed by atoms with Gasteiger partial charge in [-0.1, -0.05) is 37.4 Å². The van der Waals surface area contributed by atoms with Gasteiger partial charge in [0.1, 0.15) is 0 Å². The fourth-order valence-corrected chi connectivity index (χ4v) is 4.53. The van der Waals surface area contributed by atoms with Crippen molar-refractivity contribution in [2.45, 2.75) is 18.6 Å². The lowest BCUT2D eigenvalue weighted by Gasteiger charge is -2.30. The van der Waals surface area contributed by atoms with Gasteiger partial charge in [-0.2, -0.15) is 17.3 Å². The lowest BCUT2D eigenvalue weighted by Crippen LogP contribution is -2.43. The highest BCUT2D eigenvalue weighted by Crippen LogP contribution is 2.28. The molecule has 0 radical (unpaired) electrons. The summed E-state index contributed by atoms with van der Waals surface area (Å²) < 4.78 is 0. The summed E-state index contributed by atoms with van der Waals surface area (Å²) in [5.41, 5.74) is 0.690. The first kappa shape index (κ1) is 8.64. The van der Waals surface area contributed by atoms with Crippen LogP contribution in [0.25, 0.3) is 0 Å². The van der Waals surface area contributed by atoms with Crippen molar-refractivity contribution in [3.05, 3.63) is 48.6 Å². The Balaban J connectivity index is 2.30. The maximum Gasteiger partial charge on any atom is 0.0648 e. The molecule has 0 saturated heterocycles. The molecule has 0 nitrogen and oxygen atoms in total. The van der Waals surface area contributed by atoms with Gasteiger partial charge < -0.3 is 0 Å². The molecule has 13 heavy (non-hydrogen) atoms. The fourth-order valence-electron chi connectivity index (χ4n) is 1.91. The fraction of sp³-hybridized carbons (Fsp3) is 0.250. The minimum absolute atomic E-state index is 0.690. The van der Waals surface area contributed by atoms with Crippen molar-refractivity contribution in [2.24, 2.45) is 0 Å². The predicted molar refractivity (Wildman–Crippen MR) is 61.2 cm³/mol. The van der Waals surface area contributed by atoms with Crippen LogP contribution in [-0.4, -0.2) is 8.07 Å². The second-order valence-electron chi connectivity index (χ2n) is 4.19. The Morgan fingerprint density at radius 3 is 2.46 bits per heavy atom. The summed E-state index contributed by atoms with van der Waals surface area (Å²) in [5.74, 6) is 0. The minimum atomic E-state index is -1.27. The molecule has 2 rings (SSSR count). The van der Waals surface area contributed by atoms with Crippen molar-refractivity contribution < 1.29 is 0 Å². The number of rotatable bonds is 2. The number of hydrogen-bond donors (Lipinski definition) is 0. The van der Waals surface area contributed by atoms with Crippen LogP contribution in [0.15, 0.2) is 48.6 Å². The zero-order chi connectivity index (χ0) is 9.31. The molecule has 1 heteroatoms. The summed E-state index contributed by atoms with van der Waals surface area (Å²) in [7, 11) is -1.27. The Labute approximate surface area is 81.0 Å². The van der Waals surface area contributed by atoms with Crippen LogP contribution in [0.4, 0.5) is 0 Å². The van der Waals surface area contributed by atoms with Gasteiger partial charge in [0, 0.05) is 0 Å². The number of hydrogen-bond acceptors (Lipinski definition) is 0. The lowest BCUT2D eigenvalue weighted by atomic mass is 10.5. The van der Waals surface area contributed by atoms with E-state index < -0.39 is 8.07 Å². The van der Waals surface area contributed by atoms with E-state index in [1.807, 2.05) is 0 Å². The van der Waals surface area contributed by atoms with Crippen molar-refractivity contribution in [2.75, 3.05) is 0 Å². The second-order valence-corrected chi connectivity index (χ2v) is 8.88. The summed E-state index contributed by atoms with van der Waals surface area (Å²) in [6.07, 6.45) is 9.00. The third kappa shape index (κ3) is 1.44. The Morgan fingerprint density at radius 1 is 1.23 bits per heavy atom. The SMILES string of the molecule is C[Si](C)(c1ccc[cH-]1)C1C=CC=C1. The molecule has 0 aliphatic heterocycles. The molecule has 0 N–H and O–H groups in total. The molecular formula is C12H15Si-. The summed E-state index contributed by atoms with van der Waals surface area (Å²) in [5, 5.41) is 1.56. The van der Waals surface area contributed by atoms with Crippen LogP contribution in [0.2, 0.25) is 18.6 Å². The topological polar surface area (TPSA) is 0 Å². The minimum Gasteiger partial charge on any atom is -0.214 e. The van der Waals surface area contributed by atoms with Gasteiger partial charge in [-0.05, 0) is 5.54 Å². The van der Waals surface area contributed by atoms with Gasteiger partial charge in [0.2, 0.25) is 0 Å². The molecule has 0 saturated carbocycles. The third-order valence-electron chi connectivity index (χ3n) is 2.99. The first-order valence-corrected chi connectivity index (χ1v) is 7.86. The first-order chi connectivity index (χ1) is 6.21. The van der Waals surface area contributed by atoms with E-state index in [-0.39, 0.29) is 0 Å². The normalized spacial score (nSPS) is 17.1. The average Bonchev–Trinajstić information content (AvgIpc) is 2.78. The Bertz CT molecular complexity index is 316. The molecule has 0 spiro atoms. The quantitative estimate of drug-likeness (QED) is 0.493. The molecule has 0 aromatic heterocycles. The van der Waals surface area contributed by atoms with E-state index in [0.29, 0.717) is 5.54 Å². The smallest absolute Gasteiger partial charge is 0.0648 e. The molecule has 0 unspecified atom stereocenters. The van der Waals surface area contributed by atoms with E-state index in [4.69, 9.17) is 0 Å². The molecule has 0 amide bonds. The third-order valence-corrected chi connectivity index (χ3v) is 6.86. The molecule has 68 valence electrons. The first-order valence-electron chi connectivity index (χ1n) is 4.78. The zero-order valence-corrected chi connectivity index (χ0v) is 9.20. The van der Waals surface area contributed by atoms with Crippen LogP contribution in [-0.2, 0) is 0 Å². The molecule has 0 bridgehead atoms. The van der Waals surface area contributed by atoms with Gasteiger partial charge in [-0.25, -0.2) is 12.1 Å². The van der Waals surface area contributed by atoms with E-state index in [1.165, 1.54) is 0 Å². The highest BCUT2D eigenvalue weighted by atomic mass is 28.3. The standard InChI is InChI=1S/C12H15Si/c1-13(2,11-7-3-4-8-11)12-9-5-6-10-12/h3-11H,1-2H3/q-1. The van der Waals surface area contributed by atoms with Crippen LogP contribution < -0.4 is 5.19 Å². The van der Waals surface area contributed by atoms with Gasteiger partial charge in [-0.3, -0.25) is 0 Å². The van der Waals surface area contributed by atoms with Crippen molar-refractivity contribution in [3.63, 3.8) is 0 Å². The van der Waals surface area contributed by atoms with E-state index in [0.717, 1.165) is 0 Å². The summed E-state index contributed by atoms with van der Waals surface area (Å²) >= 11 is 0. The van der Waals surface area contributed by atoms with Crippen LogP contribution in [0.5, 0.6) is 0 Å². The molecule has 1 aromatic rings. The van der Waals surface area contributed by atoms with Crippen LogP contribution in [0, 0.1) is 0 Å². The molecule has 0 fully saturated rings. The Kier molecular flexibility index (Phi) is 2.04. The van der Waals surface area contributed by atoms with Crippen LogP contribution in [0.3, 0.4) is 0 Å². The second kappa shape index (κ2) is 3.07. The lowest BCUT2D eigenvalue weighted by molar-refractivity contribution is 1.31. The highest BCUT2D eigenvalue weighted by molar-refractivity contribution is 6.91. The molecule has 1 aromatic carbocycles. The van der Waals surface area contributed by atoms with Gasteiger partial charge in [-0.15, -0.1) is 0 Å². The predicted octanol–water partition coefficient (Wildman–Crippen LogP) is 2.82. The molecule has 0 atom stereocenters. The van der Waals surface area contributed by atoms with E-state index >= 15 is 0 Å². The largest absolute Gasteiger partial charge is 0.214 e. The summed E-state index contributed by atoms with van der Waals surface area (Å²) in [6.45, 7) is 4.88. The van der Waals surface area contributed by atoms with E-state index in [1.54, 1.807) is 5.19 Å². The monoisotopic (exact) mass is 187 g/mol. The molecular weight excluding hydrogens is 172 g/mol. The van der Waals surface area contributed by atoms with Crippen molar-refractivity contribution in [3.8, 4) is 0 Å². The van der Waals surface area contributed by atoms with Gasteiger partial charge in [0.05, 0.1) is 8.07 Å². The van der Waals surface area contributed by atoms with Crippen molar-refractivity contribution in [1.82, 2.24) is 0 Å². The van der Waals surface area contributed by atoms with Gasteiger partial charge in [0.15, 0.2) is 0 Å². The molecule has 0 heterocycles. The highest BCUT2D eigenvalue weighted by Gasteiger charge is 2.27. The van der Waals surface area contributed by atoms with Gasteiger partial charge in [0.25, 0.3) is 0 Å². The Hall–Kier alpha value is -0.953. The maximum atomic E-state index is 2.44. The maximum absolute atomic E-state index is 2.44. The van der Waals surface area contributed by atoms with Crippen LogP contribution >= 0.6 is 0 Å². The average molecular weight is 187 g/mol. The van der Waals surface area contributed by atoms with Gasteiger partial charge >= 0.3 is 0 Å². The van der Waals surface area contributed by atoms with Crippen molar-refractivity contribution in [1.29, 1.82) is 0 Å². The molecule has 1 aliphatic rings. The molecule has 1 aliphatic carbocycles. The van der Waals surface area contributed by atoms with Crippen molar-refractivity contribution >= 4 is 13.3 Å². The Morgan fingerprint density at radius 2 is 1.92 bits per heavy atom. The van der Waals surface area contributed by atoms with E-state index in [9.17, 15) is 0 Å². The summed E-state index contributed by atoms with van der Waals surface area (Å²) in [6, 6.07) is 8.83.